The third kappa shape index (κ3) is 5.26. The summed E-state index contributed by atoms with van der Waals surface area (Å²) in [7, 11) is 0. The van der Waals surface area contributed by atoms with E-state index < -0.39 is 17.9 Å². The number of hydrogen-bond donors (Lipinski definition) is 2. The summed E-state index contributed by atoms with van der Waals surface area (Å²) in [5.74, 6) is -0.777. The van der Waals surface area contributed by atoms with Crippen LogP contribution in [0.1, 0.15) is 32.5 Å². The zero-order valence-electron chi connectivity index (χ0n) is 19.9. The van der Waals surface area contributed by atoms with Crippen LogP contribution in [0.5, 0.6) is 0 Å². The maximum absolute atomic E-state index is 13.7. The van der Waals surface area contributed by atoms with Crippen LogP contribution < -0.4 is 10.6 Å². The first-order valence-electron chi connectivity index (χ1n) is 11.6. The second-order valence-corrected chi connectivity index (χ2v) is 9.79. The molecule has 1 aliphatic heterocycles. The standard InChI is InChI=1S/C28H23FN4O3S/c1-17-31-26(15-37-17)21-4-2-3-20(11-21)18-5-7-19(8-6-18)25(32-28(36)30-16-34)14-33-13-22-9-10-23(29)12-24(22)27(33)35/h2-12,15-16,25H,13-14H2,1H3,(H2,30,32,34,36)/t25-/m0/s1. The molecule has 0 unspecified atom stereocenters. The van der Waals surface area contributed by atoms with E-state index in [1.807, 2.05) is 54.8 Å². The average molecular weight is 515 g/mol. The summed E-state index contributed by atoms with van der Waals surface area (Å²) in [6, 6.07) is 18.7. The topological polar surface area (TPSA) is 91.4 Å². The van der Waals surface area contributed by atoms with Gasteiger partial charge in [0.25, 0.3) is 5.91 Å². The number of fused-ring (bicyclic) bond motifs is 1. The highest BCUT2D eigenvalue weighted by Crippen LogP contribution is 2.30. The van der Waals surface area contributed by atoms with Crippen molar-refractivity contribution in [2.24, 2.45) is 0 Å². The van der Waals surface area contributed by atoms with Crippen molar-refractivity contribution < 1.29 is 18.8 Å². The number of urea groups is 1. The number of nitrogens with zero attached hydrogens (tertiary/aromatic N) is 2. The summed E-state index contributed by atoms with van der Waals surface area (Å²) < 4.78 is 13.7. The molecule has 0 saturated heterocycles. The fourth-order valence-electron chi connectivity index (χ4n) is 4.45. The van der Waals surface area contributed by atoms with E-state index in [2.05, 4.69) is 21.7 Å². The molecule has 4 amide bonds. The molecule has 0 bridgehead atoms. The Morgan fingerprint density at radius 2 is 1.89 bits per heavy atom. The third-order valence-electron chi connectivity index (χ3n) is 6.27. The van der Waals surface area contributed by atoms with Crippen LogP contribution >= 0.6 is 11.3 Å². The van der Waals surface area contributed by atoms with Crippen molar-refractivity contribution in [3.05, 3.63) is 99.6 Å². The number of nitrogens with one attached hydrogen (secondary N) is 2. The molecule has 186 valence electrons. The summed E-state index contributed by atoms with van der Waals surface area (Å²) >= 11 is 1.60. The van der Waals surface area contributed by atoms with Crippen molar-refractivity contribution in [3.63, 3.8) is 0 Å². The summed E-state index contributed by atoms with van der Waals surface area (Å²) in [6.07, 6.45) is 0.298. The molecule has 3 aromatic carbocycles. The summed E-state index contributed by atoms with van der Waals surface area (Å²) in [4.78, 5) is 42.0. The van der Waals surface area contributed by atoms with Gasteiger partial charge in [0, 0.05) is 29.6 Å². The van der Waals surface area contributed by atoms with E-state index in [0.717, 1.165) is 38.5 Å². The lowest BCUT2D eigenvalue weighted by Gasteiger charge is -2.25. The fraction of sp³-hybridized carbons (Fsp3) is 0.143. The van der Waals surface area contributed by atoms with Crippen molar-refractivity contribution in [2.45, 2.75) is 19.5 Å². The van der Waals surface area contributed by atoms with Gasteiger partial charge in [-0.1, -0.05) is 48.5 Å². The Hall–Kier alpha value is -4.37. The minimum Gasteiger partial charge on any atom is -0.332 e. The van der Waals surface area contributed by atoms with E-state index in [9.17, 15) is 18.8 Å². The van der Waals surface area contributed by atoms with Crippen LogP contribution in [-0.2, 0) is 11.3 Å². The molecule has 1 aromatic heterocycles. The van der Waals surface area contributed by atoms with Crippen LogP contribution in [0.15, 0.2) is 72.1 Å². The van der Waals surface area contributed by atoms with E-state index in [1.165, 1.54) is 12.1 Å². The Bertz CT molecular complexity index is 1490. The molecule has 37 heavy (non-hydrogen) atoms. The number of halogens is 1. The van der Waals surface area contributed by atoms with E-state index in [4.69, 9.17) is 0 Å². The minimum atomic E-state index is -0.675. The van der Waals surface area contributed by atoms with Crippen LogP contribution in [-0.4, -0.2) is 34.8 Å². The third-order valence-corrected chi connectivity index (χ3v) is 7.05. The predicted molar refractivity (Wildman–Crippen MR) is 139 cm³/mol. The van der Waals surface area contributed by atoms with Gasteiger partial charge in [0.2, 0.25) is 6.41 Å². The van der Waals surface area contributed by atoms with Gasteiger partial charge in [-0.25, -0.2) is 14.2 Å². The van der Waals surface area contributed by atoms with Crippen molar-refractivity contribution in [1.82, 2.24) is 20.5 Å². The van der Waals surface area contributed by atoms with E-state index >= 15 is 0 Å². The second kappa shape index (κ2) is 10.3. The normalized spacial score (nSPS) is 13.2. The molecule has 1 atom stereocenters. The molecule has 5 rings (SSSR count). The molecular formula is C28H23FN4O3S. The molecule has 1 aliphatic rings. The molecule has 7 nitrogen and oxygen atoms in total. The number of imide groups is 1. The molecule has 0 saturated carbocycles. The highest BCUT2D eigenvalue weighted by Gasteiger charge is 2.30. The lowest BCUT2D eigenvalue weighted by Crippen LogP contribution is -2.42. The largest absolute Gasteiger partial charge is 0.332 e. The predicted octanol–water partition coefficient (Wildman–Crippen LogP) is 5.08. The van der Waals surface area contributed by atoms with Gasteiger partial charge >= 0.3 is 6.03 Å². The number of hydrogen-bond acceptors (Lipinski definition) is 5. The van der Waals surface area contributed by atoms with Crippen molar-refractivity contribution in [3.8, 4) is 22.4 Å². The molecule has 0 radical (unpaired) electrons. The lowest BCUT2D eigenvalue weighted by atomic mass is 9.98. The molecule has 0 aliphatic carbocycles. The second-order valence-electron chi connectivity index (χ2n) is 8.73. The Balaban J connectivity index is 1.38. The maximum atomic E-state index is 13.7. The molecule has 4 aromatic rings. The van der Waals surface area contributed by atoms with Gasteiger partial charge in [-0.15, -0.1) is 11.3 Å². The average Bonchev–Trinajstić information content (AvgIpc) is 3.47. The van der Waals surface area contributed by atoms with E-state index in [0.29, 0.717) is 18.5 Å². The van der Waals surface area contributed by atoms with Crippen LogP contribution in [0, 0.1) is 12.7 Å². The van der Waals surface area contributed by atoms with E-state index in [1.54, 1.807) is 22.3 Å². The quantitative estimate of drug-likeness (QED) is 0.337. The Labute approximate surface area is 217 Å². The van der Waals surface area contributed by atoms with Crippen LogP contribution in [0.2, 0.25) is 0 Å². The molecular weight excluding hydrogens is 491 g/mol. The number of aromatic nitrogens is 1. The summed E-state index contributed by atoms with van der Waals surface area (Å²) in [6.45, 7) is 2.44. The van der Waals surface area contributed by atoms with Gasteiger partial charge in [-0.05, 0) is 47.4 Å². The molecule has 2 heterocycles. The summed E-state index contributed by atoms with van der Waals surface area (Å²) in [5, 5.41) is 7.87. The van der Waals surface area contributed by atoms with Crippen molar-refractivity contribution in [1.29, 1.82) is 0 Å². The van der Waals surface area contributed by atoms with Crippen LogP contribution in [0.25, 0.3) is 22.4 Å². The number of aryl methyl sites for hydroxylation is 1. The molecule has 2 N–H and O–H groups in total. The molecule has 9 heteroatoms. The summed E-state index contributed by atoms with van der Waals surface area (Å²) in [5.41, 5.74) is 5.77. The number of thiazole rings is 1. The highest BCUT2D eigenvalue weighted by molar-refractivity contribution is 7.09. The number of carbonyl (C=O) groups excluding carboxylic acids is 3. The van der Waals surface area contributed by atoms with Gasteiger partial charge < -0.3 is 10.2 Å². The number of carbonyl (C=O) groups is 3. The van der Waals surface area contributed by atoms with Crippen LogP contribution in [0.3, 0.4) is 0 Å². The first-order valence-corrected chi connectivity index (χ1v) is 12.5. The van der Waals surface area contributed by atoms with Crippen molar-refractivity contribution >= 4 is 29.7 Å². The lowest BCUT2D eigenvalue weighted by molar-refractivity contribution is -0.108. The molecule has 0 spiro atoms. The SMILES string of the molecule is Cc1nc(-c2cccc(-c3ccc([C@H](CN4Cc5ccc(F)cc5C4=O)NC(=O)NC=O)cc3)c2)cs1. The van der Waals surface area contributed by atoms with E-state index in [-0.39, 0.29) is 12.5 Å². The molecule has 0 fully saturated rings. The monoisotopic (exact) mass is 514 g/mol. The Morgan fingerprint density at radius 3 is 2.62 bits per heavy atom. The smallest absolute Gasteiger partial charge is 0.321 e. The number of rotatable bonds is 7. The van der Waals surface area contributed by atoms with Gasteiger partial charge in [0.15, 0.2) is 0 Å². The van der Waals surface area contributed by atoms with Gasteiger partial charge in [-0.2, -0.15) is 0 Å². The number of amides is 4. The van der Waals surface area contributed by atoms with Gasteiger partial charge in [-0.3, -0.25) is 14.9 Å². The first kappa shape index (κ1) is 24.3. The van der Waals surface area contributed by atoms with Crippen molar-refractivity contribution in [2.75, 3.05) is 6.54 Å². The van der Waals surface area contributed by atoms with Gasteiger partial charge in [0.05, 0.1) is 16.7 Å². The van der Waals surface area contributed by atoms with Gasteiger partial charge in [0.1, 0.15) is 5.82 Å². The first-order chi connectivity index (χ1) is 17.9. The zero-order chi connectivity index (χ0) is 25.9. The highest BCUT2D eigenvalue weighted by atomic mass is 32.1. The minimum absolute atomic E-state index is 0.152. The maximum Gasteiger partial charge on any atom is 0.321 e. The number of benzene rings is 3. The zero-order valence-corrected chi connectivity index (χ0v) is 20.7. The fourth-order valence-corrected chi connectivity index (χ4v) is 5.07. The Morgan fingerprint density at radius 1 is 1.11 bits per heavy atom. The van der Waals surface area contributed by atoms with Crippen LogP contribution in [0.4, 0.5) is 9.18 Å². The Kier molecular flexibility index (Phi) is 6.78.